The molecule has 2 rings (SSSR count). The average Bonchev–Trinajstić information content (AvgIpc) is 2.48. The molecule has 2 fully saturated rings. The van der Waals surface area contributed by atoms with E-state index in [-0.39, 0.29) is 11.7 Å². The second kappa shape index (κ2) is 3.56. The van der Waals surface area contributed by atoms with Crippen molar-refractivity contribution >= 4 is 0 Å². The van der Waals surface area contributed by atoms with Gasteiger partial charge in [-0.2, -0.15) is 0 Å². The highest BCUT2D eigenvalue weighted by molar-refractivity contribution is 4.97. The van der Waals surface area contributed by atoms with Gasteiger partial charge in [-0.3, -0.25) is 0 Å². The fourth-order valence-corrected chi connectivity index (χ4v) is 2.24. The van der Waals surface area contributed by atoms with Crippen LogP contribution < -0.4 is 5.32 Å². The first-order chi connectivity index (χ1) is 6.27. The fraction of sp³-hybridized carbons (Fsp3) is 1.00. The molecule has 2 heterocycles. The summed E-state index contributed by atoms with van der Waals surface area (Å²) in [6.45, 7) is 7.08. The number of hydrogen-bond acceptors (Lipinski definition) is 3. The third-order valence-electron chi connectivity index (χ3n) is 3.29. The highest BCUT2D eigenvalue weighted by Crippen LogP contribution is 2.32. The first-order valence-electron chi connectivity index (χ1n) is 5.27. The summed E-state index contributed by atoms with van der Waals surface area (Å²) < 4.78 is 11.7. The smallest absolute Gasteiger partial charge is 0.109 e. The number of morpholine rings is 1. The summed E-state index contributed by atoms with van der Waals surface area (Å²) in [7, 11) is 0. The lowest BCUT2D eigenvalue weighted by Crippen LogP contribution is -2.57. The van der Waals surface area contributed by atoms with Crippen LogP contribution in [0.15, 0.2) is 0 Å². The summed E-state index contributed by atoms with van der Waals surface area (Å²) in [6.07, 6.45) is 2.74. The largest absolute Gasteiger partial charge is 0.375 e. The van der Waals surface area contributed by atoms with Crippen molar-refractivity contribution in [3.8, 4) is 0 Å². The van der Waals surface area contributed by atoms with E-state index in [4.69, 9.17) is 9.47 Å². The molecule has 2 aliphatic heterocycles. The maximum atomic E-state index is 6.11. The van der Waals surface area contributed by atoms with Crippen molar-refractivity contribution < 1.29 is 9.47 Å². The molecule has 0 amide bonds. The summed E-state index contributed by atoms with van der Waals surface area (Å²) in [5, 5.41) is 3.44. The van der Waals surface area contributed by atoms with Gasteiger partial charge in [-0.05, 0) is 13.3 Å². The lowest BCUT2D eigenvalue weighted by atomic mass is 9.94. The maximum Gasteiger partial charge on any atom is 0.109 e. The van der Waals surface area contributed by atoms with Gasteiger partial charge in [0.15, 0.2) is 0 Å². The molecule has 0 aromatic rings. The van der Waals surface area contributed by atoms with Crippen LogP contribution in [0, 0.1) is 0 Å². The van der Waals surface area contributed by atoms with Gasteiger partial charge in [0.2, 0.25) is 0 Å². The van der Waals surface area contributed by atoms with E-state index in [1.54, 1.807) is 0 Å². The number of ether oxygens (including phenoxy) is 2. The molecule has 3 nitrogen and oxygen atoms in total. The standard InChI is InChI=1S/C10H19NO2/c1-3-9-6-11-7-10(13-9)4-5-12-8(10)2/h8-9,11H,3-7H2,1-2H3. The quantitative estimate of drug-likeness (QED) is 0.659. The molecule has 1 N–H and O–H groups in total. The monoisotopic (exact) mass is 185 g/mol. The molecule has 0 aliphatic carbocycles. The molecule has 76 valence electrons. The predicted molar refractivity (Wildman–Crippen MR) is 50.8 cm³/mol. The molecule has 0 aromatic heterocycles. The Hall–Kier alpha value is -0.120. The average molecular weight is 185 g/mol. The Labute approximate surface area is 79.8 Å². The number of nitrogens with one attached hydrogen (secondary N) is 1. The van der Waals surface area contributed by atoms with Crippen LogP contribution in [0.2, 0.25) is 0 Å². The minimum Gasteiger partial charge on any atom is -0.375 e. The van der Waals surface area contributed by atoms with E-state index in [1.807, 2.05) is 0 Å². The SMILES string of the molecule is CCC1CNCC2(CCOC2C)O1. The van der Waals surface area contributed by atoms with E-state index in [2.05, 4.69) is 19.2 Å². The summed E-state index contributed by atoms with van der Waals surface area (Å²) >= 11 is 0. The highest BCUT2D eigenvalue weighted by Gasteiger charge is 2.45. The zero-order valence-corrected chi connectivity index (χ0v) is 8.51. The van der Waals surface area contributed by atoms with Crippen molar-refractivity contribution in [1.29, 1.82) is 0 Å². The molecular weight excluding hydrogens is 166 g/mol. The Kier molecular flexibility index (Phi) is 2.58. The second-order valence-corrected chi connectivity index (χ2v) is 4.11. The van der Waals surface area contributed by atoms with Crippen molar-refractivity contribution in [2.45, 2.75) is 44.5 Å². The van der Waals surface area contributed by atoms with Gasteiger partial charge in [0.05, 0.1) is 12.2 Å². The van der Waals surface area contributed by atoms with Crippen LogP contribution in [0.3, 0.4) is 0 Å². The zero-order chi connectivity index (χ0) is 9.31. The Balaban J connectivity index is 2.04. The number of rotatable bonds is 1. The van der Waals surface area contributed by atoms with Gasteiger partial charge in [0, 0.05) is 26.1 Å². The number of hydrogen-bond donors (Lipinski definition) is 1. The normalized spacial score (nSPS) is 45.7. The first-order valence-corrected chi connectivity index (χ1v) is 5.27. The van der Waals surface area contributed by atoms with Gasteiger partial charge in [-0.1, -0.05) is 6.92 Å². The topological polar surface area (TPSA) is 30.5 Å². The van der Waals surface area contributed by atoms with Gasteiger partial charge in [-0.15, -0.1) is 0 Å². The van der Waals surface area contributed by atoms with E-state index in [0.717, 1.165) is 32.5 Å². The third-order valence-corrected chi connectivity index (χ3v) is 3.29. The van der Waals surface area contributed by atoms with E-state index < -0.39 is 0 Å². The molecule has 1 spiro atoms. The third kappa shape index (κ3) is 1.60. The Morgan fingerprint density at radius 3 is 3.00 bits per heavy atom. The van der Waals surface area contributed by atoms with E-state index in [9.17, 15) is 0 Å². The van der Waals surface area contributed by atoms with Crippen LogP contribution in [0.4, 0.5) is 0 Å². The predicted octanol–water partition coefficient (Wildman–Crippen LogP) is 0.932. The fourth-order valence-electron chi connectivity index (χ4n) is 2.24. The summed E-state index contributed by atoms with van der Waals surface area (Å²) in [6, 6.07) is 0. The van der Waals surface area contributed by atoms with Gasteiger partial charge >= 0.3 is 0 Å². The first kappa shape index (κ1) is 9.44. The molecule has 0 bridgehead atoms. The molecule has 2 saturated heterocycles. The summed E-state index contributed by atoms with van der Waals surface area (Å²) in [4.78, 5) is 0. The van der Waals surface area contributed by atoms with Gasteiger partial charge in [0.1, 0.15) is 5.60 Å². The van der Waals surface area contributed by atoms with Crippen LogP contribution >= 0.6 is 0 Å². The molecule has 0 saturated carbocycles. The second-order valence-electron chi connectivity index (χ2n) is 4.11. The molecule has 13 heavy (non-hydrogen) atoms. The molecule has 0 radical (unpaired) electrons. The molecule has 3 atom stereocenters. The summed E-state index contributed by atoms with van der Waals surface area (Å²) in [5.41, 5.74) is -0.0288. The van der Waals surface area contributed by atoms with Crippen molar-refractivity contribution in [2.75, 3.05) is 19.7 Å². The van der Waals surface area contributed by atoms with Crippen molar-refractivity contribution in [2.24, 2.45) is 0 Å². The van der Waals surface area contributed by atoms with Crippen molar-refractivity contribution in [3.05, 3.63) is 0 Å². The Morgan fingerprint density at radius 1 is 1.54 bits per heavy atom. The molecule has 2 aliphatic rings. The van der Waals surface area contributed by atoms with E-state index >= 15 is 0 Å². The van der Waals surface area contributed by atoms with E-state index in [0.29, 0.717) is 6.10 Å². The Bertz CT molecular complexity index is 186. The van der Waals surface area contributed by atoms with Crippen LogP contribution in [0.5, 0.6) is 0 Å². The maximum absolute atomic E-state index is 6.11. The van der Waals surface area contributed by atoms with Crippen LogP contribution in [0.1, 0.15) is 26.7 Å². The van der Waals surface area contributed by atoms with Crippen LogP contribution in [-0.4, -0.2) is 37.5 Å². The van der Waals surface area contributed by atoms with Crippen LogP contribution in [0.25, 0.3) is 0 Å². The molecule has 3 unspecified atom stereocenters. The van der Waals surface area contributed by atoms with Gasteiger partial charge in [-0.25, -0.2) is 0 Å². The molecule has 0 aromatic carbocycles. The Morgan fingerprint density at radius 2 is 2.38 bits per heavy atom. The minimum atomic E-state index is -0.0288. The van der Waals surface area contributed by atoms with Gasteiger partial charge < -0.3 is 14.8 Å². The van der Waals surface area contributed by atoms with Crippen molar-refractivity contribution in [3.63, 3.8) is 0 Å². The van der Waals surface area contributed by atoms with Crippen molar-refractivity contribution in [1.82, 2.24) is 5.32 Å². The molecular formula is C10H19NO2. The minimum absolute atomic E-state index is 0.0288. The van der Waals surface area contributed by atoms with Gasteiger partial charge in [0.25, 0.3) is 0 Å². The van der Waals surface area contributed by atoms with E-state index in [1.165, 1.54) is 0 Å². The molecule has 3 heteroatoms. The lowest BCUT2D eigenvalue weighted by molar-refractivity contribution is -0.141. The lowest BCUT2D eigenvalue weighted by Gasteiger charge is -2.40. The van der Waals surface area contributed by atoms with Crippen LogP contribution in [-0.2, 0) is 9.47 Å². The summed E-state index contributed by atoms with van der Waals surface area (Å²) in [5.74, 6) is 0. The highest BCUT2D eigenvalue weighted by atomic mass is 16.6. The zero-order valence-electron chi connectivity index (χ0n) is 8.51.